The summed E-state index contributed by atoms with van der Waals surface area (Å²) in [5.74, 6) is 0.915. The Morgan fingerprint density at radius 3 is 2.80 bits per heavy atom. The SMILES string of the molecule is Cc1cccc(CN(C)c2ncnc3[nH]c(-c4cccnc4)cc23)c1. The van der Waals surface area contributed by atoms with Gasteiger partial charge in [0.25, 0.3) is 0 Å². The molecule has 0 spiro atoms. The van der Waals surface area contributed by atoms with Crippen LogP contribution in [0.15, 0.2) is 61.2 Å². The lowest BCUT2D eigenvalue weighted by atomic mass is 10.1. The quantitative estimate of drug-likeness (QED) is 0.615. The minimum atomic E-state index is 0.793. The highest BCUT2D eigenvalue weighted by Gasteiger charge is 2.13. The van der Waals surface area contributed by atoms with Crippen molar-refractivity contribution in [2.45, 2.75) is 13.5 Å². The van der Waals surface area contributed by atoms with E-state index >= 15 is 0 Å². The van der Waals surface area contributed by atoms with Gasteiger partial charge in [0.15, 0.2) is 0 Å². The zero-order valence-corrected chi connectivity index (χ0v) is 14.3. The molecule has 0 aliphatic rings. The van der Waals surface area contributed by atoms with E-state index in [0.29, 0.717) is 0 Å². The van der Waals surface area contributed by atoms with E-state index in [9.17, 15) is 0 Å². The fourth-order valence-electron chi connectivity index (χ4n) is 3.07. The molecule has 1 N–H and O–H groups in total. The monoisotopic (exact) mass is 329 g/mol. The molecule has 1 aromatic carbocycles. The zero-order valence-electron chi connectivity index (χ0n) is 14.3. The number of hydrogen-bond acceptors (Lipinski definition) is 4. The molecule has 0 fully saturated rings. The number of nitrogens with zero attached hydrogens (tertiary/aromatic N) is 4. The largest absolute Gasteiger partial charge is 0.355 e. The summed E-state index contributed by atoms with van der Waals surface area (Å²) >= 11 is 0. The van der Waals surface area contributed by atoms with Crippen molar-refractivity contribution < 1.29 is 0 Å². The van der Waals surface area contributed by atoms with Gasteiger partial charge in [0, 0.05) is 37.2 Å². The van der Waals surface area contributed by atoms with Gasteiger partial charge in [-0.05, 0) is 30.7 Å². The van der Waals surface area contributed by atoms with Crippen LogP contribution in [0.5, 0.6) is 0 Å². The predicted octanol–water partition coefficient (Wildman–Crippen LogP) is 3.96. The molecule has 4 rings (SSSR count). The number of H-pyrrole nitrogens is 1. The molecule has 25 heavy (non-hydrogen) atoms. The van der Waals surface area contributed by atoms with Gasteiger partial charge in [-0.2, -0.15) is 0 Å². The van der Waals surface area contributed by atoms with E-state index < -0.39 is 0 Å². The van der Waals surface area contributed by atoms with E-state index in [2.05, 4.69) is 69.1 Å². The highest BCUT2D eigenvalue weighted by Crippen LogP contribution is 2.28. The van der Waals surface area contributed by atoms with Crippen LogP contribution in [0.4, 0.5) is 5.82 Å². The van der Waals surface area contributed by atoms with Gasteiger partial charge in [0.05, 0.1) is 5.39 Å². The number of fused-ring (bicyclic) bond motifs is 1. The Bertz CT molecular complexity index is 1010. The van der Waals surface area contributed by atoms with Crippen LogP contribution < -0.4 is 4.90 Å². The lowest BCUT2D eigenvalue weighted by molar-refractivity contribution is 0.899. The average molecular weight is 329 g/mol. The van der Waals surface area contributed by atoms with Crippen LogP contribution in [0, 0.1) is 6.92 Å². The van der Waals surface area contributed by atoms with Crippen LogP contribution in [-0.2, 0) is 6.54 Å². The van der Waals surface area contributed by atoms with Gasteiger partial charge < -0.3 is 9.88 Å². The van der Waals surface area contributed by atoms with Gasteiger partial charge in [0.1, 0.15) is 17.8 Å². The summed E-state index contributed by atoms with van der Waals surface area (Å²) < 4.78 is 0. The third-order valence-electron chi connectivity index (χ3n) is 4.24. The summed E-state index contributed by atoms with van der Waals surface area (Å²) in [7, 11) is 2.06. The molecule has 0 saturated carbocycles. The van der Waals surface area contributed by atoms with Crippen molar-refractivity contribution in [1.29, 1.82) is 0 Å². The van der Waals surface area contributed by atoms with Crippen molar-refractivity contribution in [3.8, 4) is 11.3 Å². The Hall–Kier alpha value is -3.21. The minimum absolute atomic E-state index is 0.793. The predicted molar refractivity (Wildman–Crippen MR) is 100 cm³/mol. The van der Waals surface area contributed by atoms with Gasteiger partial charge in [-0.3, -0.25) is 4.98 Å². The standard InChI is InChI=1S/C20H19N5/c1-14-5-3-6-15(9-14)12-25(2)20-17-10-18(16-7-4-8-21-11-16)24-19(17)22-13-23-20/h3-11,13H,12H2,1-2H3,(H,22,23,24). The minimum Gasteiger partial charge on any atom is -0.355 e. The molecular formula is C20H19N5. The molecule has 0 amide bonds. The number of anilines is 1. The molecule has 124 valence electrons. The second-order valence-electron chi connectivity index (χ2n) is 6.23. The van der Waals surface area contributed by atoms with E-state index in [-0.39, 0.29) is 0 Å². The summed E-state index contributed by atoms with van der Waals surface area (Å²) in [5, 5.41) is 1.01. The molecular weight excluding hydrogens is 310 g/mol. The number of aryl methyl sites for hydroxylation is 1. The normalized spacial score (nSPS) is 11.0. The Kier molecular flexibility index (Phi) is 3.90. The van der Waals surface area contributed by atoms with Gasteiger partial charge >= 0.3 is 0 Å². The Labute approximate surface area is 146 Å². The summed E-state index contributed by atoms with van der Waals surface area (Å²) in [6, 6.07) is 14.6. The van der Waals surface area contributed by atoms with Crippen LogP contribution in [-0.4, -0.2) is 27.0 Å². The van der Waals surface area contributed by atoms with E-state index in [0.717, 1.165) is 34.7 Å². The topological polar surface area (TPSA) is 57.7 Å². The molecule has 5 heteroatoms. The summed E-state index contributed by atoms with van der Waals surface area (Å²) in [4.78, 5) is 18.6. The zero-order chi connectivity index (χ0) is 17.2. The van der Waals surface area contributed by atoms with Crippen molar-refractivity contribution in [2.75, 3.05) is 11.9 Å². The van der Waals surface area contributed by atoms with Crippen LogP contribution >= 0.6 is 0 Å². The van der Waals surface area contributed by atoms with Crippen LogP contribution in [0.25, 0.3) is 22.3 Å². The van der Waals surface area contributed by atoms with Crippen molar-refractivity contribution in [3.05, 3.63) is 72.3 Å². The number of aromatic amines is 1. The number of nitrogens with one attached hydrogen (secondary N) is 1. The molecule has 3 aromatic heterocycles. The lowest BCUT2D eigenvalue weighted by Gasteiger charge is -2.19. The maximum atomic E-state index is 4.51. The van der Waals surface area contributed by atoms with E-state index in [1.807, 2.05) is 18.3 Å². The molecule has 0 aliphatic heterocycles. The van der Waals surface area contributed by atoms with Gasteiger partial charge in [-0.25, -0.2) is 9.97 Å². The maximum absolute atomic E-state index is 4.51. The van der Waals surface area contributed by atoms with Crippen molar-refractivity contribution in [1.82, 2.24) is 19.9 Å². The maximum Gasteiger partial charge on any atom is 0.143 e. The smallest absolute Gasteiger partial charge is 0.143 e. The number of hydrogen-bond donors (Lipinski definition) is 1. The van der Waals surface area contributed by atoms with Gasteiger partial charge in [-0.15, -0.1) is 0 Å². The second-order valence-corrected chi connectivity index (χ2v) is 6.23. The van der Waals surface area contributed by atoms with Crippen molar-refractivity contribution in [2.24, 2.45) is 0 Å². The van der Waals surface area contributed by atoms with Gasteiger partial charge in [0.2, 0.25) is 0 Å². The molecule has 0 unspecified atom stereocenters. The first-order chi connectivity index (χ1) is 12.2. The van der Waals surface area contributed by atoms with Gasteiger partial charge in [-0.1, -0.05) is 29.8 Å². The Morgan fingerprint density at radius 1 is 1.08 bits per heavy atom. The van der Waals surface area contributed by atoms with E-state index in [4.69, 9.17) is 0 Å². The highest BCUT2D eigenvalue weighted by atomic mass is 15.2. The number of benzene rings is 1. The summed E-state index contributed by atoms with van der Waals surface area (Å²) in [5.41, 5.74) is 5.39. The third-order valence-corrected chi connectivity index (χ3v) is 4.24. The third kappa shape index (κ3) is 3.08. The molecule has 0 atom stereocenters. The average Bonchev–Trinajstić information content (AvgIpc) is 3.06. The fourth-order valence-corrected chi connectivity index (χ4v) is 3.07. The van der Waals surface area contributed by atoms with E-state index in [1.165, 1.54) is 11.1 Å². The molecule has 0 saturated heterocycles. The molecule has 5 nitrogen and oxygen atoms in total. The first kappa shape index (κ1) is 15.3. The lowest BCUT2D eigenvalue weighted by Crippen LogP contribution is -2.18. The number of aromatic nitrogens is 4. The first-order valence-electron chi connectivity index (χ1n) is 8.21. The number of pyridine rings is 1. The van der Waals surface area contributed by atoms with Crippen LogP contribution in [0.3, 0.4) is 0 Å². The molecule has 4 aromatic rings. The Morgan fingerprint density at radius 2 is 2.00 bits per heavy atom. The second kappa shape index (κ2) is 6.36. The molecule has 0 aliphatic carbocycles. The van der Waals surface area contributed by atoms with E-state index in [1.54, 1.807) is 12.5 Å². The fraction of sp³-hybridized carbons (Fsp3) is 0.150. The van der Waals surface area contributed by atoms with Crippen LogP contribution in [0.1, 0.15) is 11.1 Å². The Balaban J connectivity index is 1.71. The summed E-state index contributed by atoms with van der Waals surface area (Å²) in [6.45, 7) is 2.90. The molecule has 0 radical (unpaired) electrons. The van der Waals surface area contributed by atoms with Crippen molar-refractivity contribution >= 4 is 16.9 Å². The van der Waals surface area contributed by atoms with Crippen LogP contribution in [0.2, 0.25) is 0 Å². The first-order valence-corrected chi connectivity index (χ1v) is 8.21. The molecule has 0 bridgehead atoms. The molecule has 3 heterocycles. The van der Waals surface area contributed by atoms with Crippen molar-refractivity contribution in [3.63, 3.8) is 0 Å². The highest BCUT2D eigenvalue weighted by molar-refractivity contribution is 5.91. The number of rotatable bonds is 4. The summed E-state index contributed by atoms with van der Waals surface area (Å²) in [6.07, 6.45) is 5.22.